The second kappa shape index (κ2) is 47.5. The van der Waals surface area contributed by atoms with Crippen LogP contribution in [0.4, 0.5) is 0 Å². The lowest BCUT2D eigenvalue weighted by Gasteiger charge is -2.20. The lowest BCUT2D eigenvalue weighted by atomic mass is 10.1. The number of phosphoric ester groups is 1. The van der Waals surface area contributed by atoms with Gasteiger partial charge in [-0.25, -0.2) is 4.57 Å². The fourth-order valence-electron chi connectivity index (χ4n) is 6.03. The maximum atomic E-state index is 12.6. The van der Waals surface area contributed by atoms with Crippen molar-refractivity contribution >= 4 is 13.8 Å². The molecular formula is C51H88NO7P. The van der Waals surface area contributed by atoms with Crippen LogP contribution in [-0.2, 0) is 27.9 Å². The van der Waals surface area contributed by atoms with E-state index in [1.165, 1.54) is 51.4 Å². The fraction of sp³-hybridized carbons (Fsp3) is 0.667. The van der Waals surface area contributed by atoms with Crippen molar-refractivity contribution in [2.24, 2.45) is 5.73 Å². The number of ether oxygens (including phenoxy) is 2. The largest absolute Gasteiger partial charge is 0.472 e. The van der Waals surface area contributed by atoms with E-state index in [4.69, 9.17) is 24.3 Å². The number of carbonyl (C=O) groups is 1. The van der Waals surface area contributed by atoms with Gasteiger partial charge >= 0.3 is 13.8 Å². The molecule has 9 heteroatoms. The van der Waals surface area contributed by atoms with Gasteiger partial charge in [-0.05, 0) is 96.3 Å². The zero-order valence-corrected chi connectivity index (χ0v) is 39.1. The second-order valence-electron chi connectivity index (χ2n) is 15.2. The Bertz CT molecular complexity index is 1240. The number of unbranched alkanes of at least 4 members (excludes halogenated alkanes) is 15. The Balaban J connectivity index is 4.09. The van der Waals surface area contributed by atoms with Crippen LogP contribution in [0.2, 0.25) is 0 Å². The van der Waals surface area contributed by atoms with Gasteiger partial charge in [-0.2, -0.15) is 0 Å². The molecule has 0 aromatic heterocycles. The van der Waals surface area contributed by atoms with E-state index in [2.05, 4.69) is 111 Å². The Morgan fingerprint density at radius 3 is 1.40 bits per heavy atom. The Morgan fingerprint density at radius 2 is 0.933 bits per heavy atom. The molecule has 344 valence electrons. The van der Waals surface area contributed by atoms with Crippen LogP contribution in [0.1, 0.15) is 181 Å². The number of nitrogens with two attached hydrogens (primary N) is 1. The van der Waals surface area contributed by atoms with Crippen molar-refractivity contribution in [1.82, 2.24) is 0 Å². The van der Waals surface area contributed by atoms with Crippen molar-refractivity contribution in [2.45, 2.75) is 187 Å². The maximum Gasteiger partial charge on any atom is 0.472 e. The number of rotatable bonds is 44. The zero-order valence-electron chi connectivity index (χ0n) is 38.2. The van der Waals surface area contributed by atoms with Crippen LogP contribution in [0.25, 0.3) is 0 Å². The van der Waals surface area contributed by atoms with Crippen LogP contribution >= 0.6 is 7.82 Å². The molecule has 0 saturated carbocycles. The first-order valence-corrected chi connectivity index (χ1v) is 25.2. The number of esters is 1. The SMILES string of the molecule is CC/C=C\C/C=C\C/C=C\C/C=C\C/C=C\CCCCCCCC(=O)OC(COCCCCCCCCC/C=C\C/C=C\C/C=C\CCCCC)COP(=O)(O)OCCN. The lowest BCUT2D eigenvalue weighted by molar-refractivity contribution is -0.154. The van der Waals surface area contributed by atoms with Gasteiger partial charge in [0.1, 0.15) is 6.10 Å². The minimum absolute atomic E-state index is 0.0894. The monoisotopic (exact) mass is 858 g/mol. The Morgan fingerprint density at radius 1 is 0.517 bits per heavy atom. The zero-order chi connectivity index (χ0) is 43.7. The average molecular weight is 858 g/mol. The summed E-state index contributed by atoms with van der Waals surface area (Å²) in [5.41, 5.74) is 5.38. The molecule has 60 heavy (non-hydrogen) atoms. The summed E-state index contributed by atoms with van der Waals surface area (Å²) in [7, 11) is -4.30. The van der Waals surface area contributed by atoms with Crippen LogP contribution < -0.4 is 5.73 Å². The van der Waals surface area contributed by atoms with E-state index >= 15 is 0 Å². The minimum Gasteiger partial charge on any atom is -0.457 e. The van der Waals surface area contributed by atoms with Gasteiger partial charge in [-0.3, -0.25) is 13.8 Å². The van der Waals surface area contributed by atoms with Crippen LogP contribution in [0.15, 0.2) is 97.2 Å². The Labute approximate surface area is 368 Å². The van der Waals surface area contributed by atoms with Gasteiger partial charge in [0.25, 0.3) is 0 Å². The normalized spacial score (nSPS) is 14.3. The molecule has 3 N–H and O–H groups in total. The molecule has 0 aliphatic rings. The molecule has 0 aliphatic carbocycles. The van der Waals surface area contributed by atoms with E-state index in [1.807, 2.05) is 0 Å². The summed E-state index contributed by atoms with van der Waals surface area (Å²) in [6, 6.07) is 0. The first kappa shape index (κ1) is 57.4. The van der Waals surface area contributed by atoms with Crippen LogP contribution in [-0.4, -0.2) is 49.9 Å². The van der Waals surface area contributed by atoms with E-state index in [1.54, 1.807) is 0 Å². The fourth-order valence-corrected chi connectivity index (χ4v) is 6.79. The maximum absolute atomic E-state index is 12.6. The molecule has 0 aromatic rings. The second-order valence-corrected chi connectivity index (χ2v) is 16.7. The molecule has 0 aliphatic heterocycles. The molecule has 0 spiro atoms. The van der Waals surface area contributed by atoms with Gasteiger partial charge in [0, 0.05) is 19.6 Å². The van der Waals surface area contributed by atoms with Crippen molar-refractivity contribution < 1.29 is 32.8 Å². The van der Waals surface area contributed by atoms with E-state index in [0.29, 0.717) is 6.61 Å². The molecule has 0 saturated heterocycles. The summed E-state index contributed by atoms with van der Waals surface area (Å²) < 4.78 is 33.5. The highest BCUT2D eigenvalue weighted by Crippen LogP contribution is 2.43. The van der Waals surface area contributed by atoms with Crippen molar-refractivity contribution in [2.75, 3.05) is 33.0 Å². The number of allylic oxidation sites excluding steroid dienone is 16. The molecule has 2 atom stereocenters. The number of hydrogen-bond acceptors (Lipinski definition) is 7. The number of phosphoric acid groups is 1. The first-order chi connectivity index (χ1) is 29.4. The summed E-state index contributed by atoms with van der Waals surface area (Å²) in [4.78, 5) is 22.6. The van der Waals surface area contributed by atoms with E-state index in [-0.39, 0.29) is 38.8 Å². The highest BCUT2D eigenvalue weighted by atomic mass is 31.2. The first-order valence-electron chi connectivity index (χ1n) is 23.7. The topological polar surface area (TPSA) is 117 Å². The molecule has 0 amide bonds. The standard InChI is InChI=1S/C51H88NO7P/c1-3-5-7-9-11-13-15-17-19-21-23-25-26-28-30-32-34-36-38-40-42-44-51(53)59-50(49-58-60(54,55)57-47-45-52)48-56-46-43-41-39-37-35-33-31-29-27-24-22-20-18-16-14-12-10-8-6-4-2/h5,7,11-14,17-20,23-25,27-28,30,50H,3-4,6,8-10,15-16,21-22,26,29,31-49,52H2,1-2H3,(H,54,55)/b7-5-,13-11-,14-12-,19-17-,20-18-,25-23-,27-24-,30-28-. The minimum atomic E-state index is -4.30. The molecule has 0 aromatic carbocycles. The summed E-state index contributed by atoms with van der Waals surface area (Å²) in [6.45, 7) is 4.71. The third-order valence-electron chi connectivity index (χ3n) is 9.49. The average Bonchev–Trinajstić information content (AvgIpc) is 3.24. The Hall–Kier alpha value is -2.58. The third-order valence-corrected chi connectivity index (χ3v) is 10.5. The third kappa shape index (κ3) is 46.5. The predicted octanol–water partition coefficient (Wildman–Crippen LogP) is 14.6. The van der Waals surface area contributed by atoms with Crippen LogP contribution in [0, 0.1) is 0 Å². The van der Waals surface area contributed by atoms with Gasteiger partial charge in [0.05, 0.1) is 19.8 Å². The van der Waals surface area contributed by atoms with Gasteiger partial charge in [0.15, 0.2) is 0 Å². The van der Waals surface area contributed by atoms with Crippen LogP contribution in [0.5, 0.6) is 0 Å². The van der Waals surface area contributed by atoms with Crippen LogP contribution in [0.3, 0.4) is 0 Å². The van der Waals surface area contributed by atoms with Crippen molar-refractivity contribution in [1.29, 1.82) is 0 Å². The molecule has 0 fully saturated rings. The predicted molar refractivity (Wildman–Crippen MR) is 256 cm³/mol. The Kier molecular flexibility index (Phi) is 45.4. The summed E-state index contributed by atoms with van der Waals surface area (Å²) >= 11 is 0. The van der Waals surface area contributed by atoms with E-state index in [0.717, 1.165) is 109 Å². The van der Waals surface area contributed by atoms with E-state index in [9.17, 15) is 14.3 Å². The molecule has 0 bridgehead atoms. The molecule has 0 radical (unpaired) electrons. The molecule has 0 heterocycles. The highest BCUT2D eigenvalue weighted by molar-refractivity contribution is 7.47. The van der Waals surface area contributed by atoms with Crippen molar-refractivity contribution in [3.05, 3.63) is 97.2 Å². The molecular weight excluding hydrogens is 770 g/mol. The molecule has 8 nitrogen and oxygen atoms in total. The summed E-state index contributed by atoms with van der Waals surface area (Å²) in [5, 5.41) is 0. The quantitative estimate of drug-likeness (QED) is 0.0269. The van der Waals surface area contributed by atoms with Crippen molar-refractivity contribution in [3.8, 4) is 0 Å². The summed E-state index contributed by atoms with van der Waals surface area (Å²) in [6.07, 6.45) is 62.8. The summed E-state index contributed by atoms with van der Waals surface area (Å²) in [5.74, 6) is -0.356. The lowest BCUT2D eigenvalue weighted by Crippen LogP contribution is -2.28. The van der Waals surface area contributed by atoms with Gasteiger partial charge in [-0.15, -0.1) is 0 Å². The molecule has 2 unspecified atom stereocenters. The van der Waals surface area contributed by atoms with Gasteiger partial charge < -0.3 is 20.1 Å². The number of carbonyl (C=O) groups excluding carboxylic acids is 1. The highest BCUT2D eigenvalue weighted by Gasteiger charge is 2.25. The van der Waals surface area contributed by atoms with Gasteiger partial charge in [-0.1, -0.05) is 175 Å². The van der Waals surface area contributed by atoms with E-state index < -0.39 is 13.9 Å². The van der Waals surface area contributed by atoms with Gasteiger partial charge in [0.2, 0.25) is 0 Å². The smallest absolute Gasteiger partial charge is 0.457 e. The van der Waals surface area contributed by atoms with Crippen molar-refractivity contribution in [3.63, 3.8) is 0 Å². The number of hydrogen-bond donors (Lipinski definition) is 2. The molecule has 0 rings (SSSR count).